The number of halogens is 2. The van der Waals surface area contributed by atoms with Crippen LogP contribution in [0.4, 0.5) is 4.39 Å². The number of likely N-dealkylation sites (N-methyl/N-ethyl adjacent to an activating group) is 1. The fourth-order valence-corrected chi connectivity index (χ4v) is 2.67. The van der Waals surface area contributed by atoms with Gasteiger partial charge in [0, 0.05) is 10.5 Å². The second kappa shape index (κ2) is 7.00. The molecule has 2 rings (SSSR count). The summed E-state index contributed by atoms with van der Waals surface area (Å²) in [5.41, 5.74) is 3.34. The summed E-state index contributed by atoms with van der Waals surface area (Å²) in [6.45, 7) is 2.11. The number of hydrogen-bond acceptors (Lipinski definition) is 1. The van der Waals surface area contributed by atoms with Gasteiger partial charge < -0.3 is 5.32 Å². The molecule has 0 radical (unpaired) electrons. The zero-order chi connectivity index (χ0) is 14.5. The van der Waals surface area contributed by atoms with Gasteiger partial charge >= 0.3 is 0 Å². The Kier molecular flexibility index (Phi) is 5.32. The van der Waals surface area contributed by atoms with Gasteiger partial charge in [0.1, 0.15) is 5.82 Å². The molecule has 106 valence electrons. The van der Waals surface area contributed by atoms with E-state index in [1.54, 1.807) is 0 Å². The molecule has 20 heavy (non-hydrogen) atoms. The highest BCUT2D eigenvalue weighted by molar-refractivity contribution is 9.10. The van der Waals surface area contributed by atoms with Crippen LogP contribution in [0.2, 0.25) is 0 Å². The highest BCUT2D eigenvalue weighted by Crippen LogP contribution is 2.18. The molecule has 1 nitrogen and oxygen atoms in total. The van der Waals surface area contributed by atoms with Gasteiger partial charge in [-0.25, -0.2) is 4.39 Å². The molecule has 0 aliphatic carbocycles. The molecule has 1 atom stereocenters. The first-order valence-electron chi connectivity index (χ1n) is 6.76. The minimum atomic E-state index is -0.149. The third-order valence-corrected chi connectivity index (χ3v) is 4.11. The lowest BCUT2D eigenvalue weighted by molar-refractivity contribution is 0.531. The minimum absolute atomic E-state index is 0.149. The zero-order valence-electron chi connectivity index (χ0n) is 11.8. The van der Waals surface area contributed by atoms with Crippen molar-refractivity contribution in [3.8, 4) is 0 Å². The molecule has 0 amide bonds. The fraction of sp³-hybridized carbons (Fsp3) is 0.294. The maximum atomic E-state index is 13.9. The largest absolute Gasteiger partial charge is 0.316 e. The van der Waals surface area contributed by atoms with Gasteiger partial charge in [0.05, 0.1) is 0 Å². The lowest BCUT2D eigenvalue weighted by Gasteiger charge is -2.18. The number of rotatable bonds is 5. The van der Waals surface area contributed by atoms with Crippen molar-refractivity contribution >= 4 is 15.9 Å². The Balaban J connectivity index is 2.11. The normalized spacial score (nSPS) is 12.4. The Morgan fingerprint density at radius 2 is 1.80 bits per heavy atom. The SMILES string of the molecule is CNC(Cc1ccccc1C)Cc1ccc(Br)cc1F. The molecular weight excluding hydrogens is 317 g/mol. The smallest absolute Gasteiger partial charge is 0.127 e. The van der Waals surface area contributed by atoms with Gasteiger partial charge in [-0.05, 0) is 55.6 Å². The lowest BCUT2D eigenvalue weighted by Crippen LogP contribution is -2.30. The second-order valence-electron chi connectivity index (χ2n) is 5.06. The molecule has 0 aliphatic rings. The number of benzene rings is 2. The Morgan fingerprint density at radius 1 is 1.10 bits per heavy atom. The molecule has 0 fully saturated rings. The van der Waals surface area contributed by atoms with Crippen LogP contribution < -0.4 is 5.32 Å². The van der Waals surface area contributed by atoms with E-state index in [0.29, 0.717) is 6.42 Å². The van der Waals surface area contributed by atoms with Crippen LogP contribution in [0.15, 0.2) is 46.9 Å². The van der Waals surface area contributed by atoms with Crippen LogP contribution in [-0.2, 0) is 12.8 Å². The fourth-order valence-electron chi connectivity index (χ4n) is 2.33. The summed E-state index contributed by atoms with van der Waals surface area (Å²) in [4.78, 5) is 0. The molecule has 0 saturated carbocycles. The molecule has 0 aliphatic heterocycles. The maximum absolute atomic E-state index is 13.9. The quantitative estimate of drug-likeness (QED) is 0.860. The summed E-state index contributed by atoms with van der Waals surface area (Å²) in [6.07, 6.45) is 1.59. The van der Waals surface area contributed by atoms with E-state index in [0.717, 1.165) is 16.5 Å². The number of aryl methyl sites for hydroxylation is 1. The summed E-state index contributed by atoms with van der Waals surface area (Å²) in [5.74, 6) is -0.149. The minimum Gasteiger partial charge on any atom is -0.316 e. The van der Waals surface area contributed by atoms with E-state index in [1.807, 2.05) is 25.2 Å². The first-order chi connectivity index (χ1) is 9.60. The van der Waals surface area contributed by atoms with E-state index in [-0.39, 0.29) is 11.9 Å². The monoisotopic (exact) mass is 335 g/mol. The molecule has 1 N–H and O–H groups in total. The van der Waals surface area contributed by atoms with Gasteiger partial charge in [-0.2, -0.15) is 0 Å². The van der Waals surface area contributed by atoms with E-state index in [4.69, 9.17) is 0 Å². The molecule has 0 spiro atoms. The van der Waals surface area contributed by atoms with E-state index < -0.39 is 0 Å². The number of nitrogens with one attached hydrogen (secondary N) is 1. The van der Waals surface area contributed by atoms with Crippen molar-refractivity contribution in [3.63, 3.8) is 0 Å². The van der Waals surface area contributed by atoms with Gasteiger partial charge in [-0.3, -0.25) is 0 Å². The van der Waals surface area contributed by atoms with Crippen LogP contribution in [-0.4, -0.2) is 13.1 Å². The molecule has 0 heterocycles. The molecule has 2 aromatic rings. The summed E-state index contributed by atoms with van der Waals surface area (Å²) in [6, 6.07) is 13.8. The first kappa shape index (κ1) is 15.2. The molecule has 1 unspecified atom stereocenters. The van der Waals surface area contributed by atoms with Crippen molar-refractivity contribution in [2.24, 2.45) is 0 Å². The molecule has 0 bridgehead atoms. The standard InChI is InChI=1S/C17H19BrFN/c1-12-5-3-4-6-13(12)9-16(20-2)10-14-7-8-15(18)11-17(14)19/h3-8,11,16,20H,9-10H2,1-2H3. The average molecular weight is 336 g/mol. The summed E-state index contributed by atoms with van der Waals surface area (Å²) in [5, 5.41) is 3.29. The lowest BCUT2D eigenvalue weighted by atomic mass is 9.96. The van der Waals surface area contributed by atoms with Gasteiger partial charge in [0.2, 0.25) is 0 Å². The van der Waals surface area contributed by atoms with Gasteiger partial charge in [0.15, 0.2) is 0 Å². The average Bonchev–Trinajstić information content (AvgIpc) is 2.43. The highest BCUT2D eigenvalue weighted by atomic mass is 79.9. The Morgan fingerprint density at radius 3 is 2.45 bits per heavy atom. The third-order valence-electron chi connectivity index (χ3n) is 3.62. The summed E-state index contributed by atoms with van der Waals surface area (Å²) in [7, 11) is 1.93. The molecule has 2 aromatic carbocycles. The Hall–Kier alpha value is -1.19. The number of hydrogen-bond donors (Lipinski definition) is 1. The second-order valence-corrected chi connectivity index (χ2v) is 5.97. The zero-order valence-corrected chi connectivity index (χ0v) is 13.4. The van der Waals surface area contributed by atoms with Crippen LogP contribution in [0, 0.1) is 12.7 Å². The predicted octanol–water partition coefficient (Wildman–Crippen LogP) is 4.27. The third kappa shape index (κ3) is 3.90. The van der Waals surface area contributed by atoms with Crippen molar-refractivity contribution in [3.05, 3.63) is 69.4 Å². The van der Waals surface area contributed by atoms with Crippen molar-refractivity contribution < 1.29 is 4.39 Å². The topological polar surface area (TPSA) is 12.0 Å². The highest BCUT2D eigenvalue weighted by Gasteiger charge is 2.12. The maximum Gasteiger partial charge on any atom is 0.127 e. The molecule has 0 saturated heterocycles. The van der Waals surface area contributed by atoms with Gasteiger partial charge in [0.25, 0.3) is 0 Å². The molecular formula is C17H19BrFN. The Bertz CT molecular complexity index is 583. The van der Waals surface area contributed by atoms with E-state index in [2.05, 4.69) is 46.4 Å². The van der Waals surface area contributed by atoms with Crippen LogP contribution >= 0.6 is 15.9 Å². The van der Waals surface area contributed by atoms with Crippen LogP contribution in [0.3, 0.4) is 0 Å². The van der Waals surface area contributed by atoms with E-state index in [9.17, 15) is 4.39 Å². The summed E-state index contributed by atoms with van der Waals surface area (Å²) < 4.78 is 14.7. The van der Waals surface area contributed by atoms with Gasteiger partial charge in [-0.1, -0.05) is 46.3 Å². The van der Waals surface area contributed by atoms with Gasteiger partial charge in [-0.15, -0.1) is 0 Å². The first-order valence-corrected chi connectivity index (χ1v) is 7.55. The van der Waals surface area contributed by atoms with Crippen LogP contribution in [0.1, 0.15) is 16.7 Å². The van der Waals surface area contributed by atoms with E-state index in [1.165, 1.54) is 17.2 Å². The van der Waals surface area contributed by atoms with Crippen molar-refractivity contribution in [1.82, 2.24) is 5.32 Å². The van der Waals surface area contributed by atoms with Crippen molar-refractivity contribution in [2.45, 2.75) is 25.8 Å². The summed E-state index contributed by atoms with van der Waals surface area (Å²) >= 11 is 3.29. The van der Waals surface area contributed by atoms with Crippen LogP contribution in [0.25, 0.3) is 0 Å². The van der Waals surface area contributed by atoms with Crippen molar-refractivity contribution in [1.29, 1.82) is 0 Å². The van der Waals surface area contributed by atoms with Crippen molar-refractivity contribution in [2.75, 3.05) is 7.05 Å². The predicted molar refractivity (Wildman–Crippen MR) is 85.5 cm³/mol. The van der Waals surface area contributed by atoms with Crippen LogP contribution in [0.5, 0.6) is 0 Å². The molecule has 3 heteroatoms. The molecule has 0 aromatic heterocycles. The van der Waals surface area contributed by atoms with E-state index >= 15 is 0 Å². The Labute approximate surface area is 128 Å².